The summed E-state index contributed by atoms with van der Waals surface area (Å²) < 4.78 is 0. The van der Waals surface area contributed by atoms with Gasteiger partial charge >= 0.3 is 0 Å². The molecule has 0 aliphatic carbocycles. The van der Waals surface area contributed by atoms with Crippen molar-refractivity contribution in [1.82, 2.24) is 5.32 Å². The predicted octanol–water partition coefficient (Wildman–Crippen LogP) is 3.90. The highest BCUT2D eigenvalue weighted by Gasteiger charge is 2.20. The Morgan fingerprint density at radius 1 is 0.688 bits per heavy atom. The van der Waals surface area contributed by atoms with Gasteiger partial charge in [-0.1, -0.05) is 84.9 Å². The molecule has 0 saturated carbocycles. The van der Waals surface area contributed by atoms with Crippen LogP contribution in [0.3, 0.4) is 0 Å². The molecule has 4 rings (SSSR count). The van der Waals surface area contributed by atoms with Crippen LogP contribution in [0.5, 0.6) is 0 Å². The van der Waals surface area contributed by atoms with Gasteiger partial charge in [0.1, 0.15) is 6.04 Å². The largest absolute Gasteiger partial charge is 0.368 e. The minimum absolute atomic E-state index is 0.0757. The lowest BCUT2D eigenvalue weighted by Gasteiger charge is -2.16. The summed E-state index contributed by atoms with van der Waals surface area (Å²) in [4.78, 5) is 37.3. The zero-order chi connectivity index (χ0) is 22.5. The number of hydrogen-bond acceptors (Lipinski definition) is 3. The van der Waals surface area contributed by atoms with Crippen molar-refractivity contribution in [2.45, 2.75) is 12.5 Å². The fourth-order valence-electron chi connectivity index (χ4n) is 3.58. The predicted molar refractivity (Wildman–Crippen MR) is 124 cm³/mol. The Labute approximate surface area is 185 Å². The molecule has 1 atom stereocenters. The molecule has 5 heteroatoms. The second-order valence-electron chi connectivity index (χ2n) is 7.59. The highest BCUT2D eigenvalue weighted by atomic mass is 16.2. The lowest BCUT2D eigenvalue weighted by Crippen LogP contribution is -2.45. The standard InChI is InChI=1S/C27H22N2O3/c28-26(31)24(29-27(32)23-15-14-19-6-4-5-9-22(19)17-23)16-18-10-12-21(13-11-18)25(30)20-7-2-1-3-8-20/h1-15,17,24H,16H2,(H2,28,31)(H,29,32)/t24-/m1/s1. The molecule has 0 heterocycles. The third kappa shape index (κ3) is 4.73. The van der Waals surface area contributed by atoms with Crippen LogP contribution in [0.25, 0.3) is 10.8 Å². The summed E-state index contributed by atoms with van der Waals surface area (Å²) >= 11 is 0. The number of primary amides is 1. The van der Waals surface area contributed by atoms with Gasteiger partial charge in [-0.05, 0) is 28.5 Å². The smallest absolute Gasteiger partial charge is 0.251 e. The molecule has 0 saturated heterocycles. The molecule has 32 heavy (non-hydrogen) atoms. The lowest BCUT2D eigenvalue weighted by molar-refractivity contribution is -0.119. The number of carbonyl (C=O) groups is 3. The second kappa shape index (κ2) is 9.27. The van der Waals surface area contributed by atoms with Crippen molar-refractivity contribution in [3.63, 3.8) is 0 Å². The first-order valence-corrected chi connectivity index (χ1v) is 10.3. The molecule has 3 N–H and O–H groups in total. The molecule has 4 aromatic carbocycles. The van der Waals surface area contributed by atoms with Gasteiger partial charge in [0.25, 0.3) is 5.91 Å². The third-order valence-corrected chi connectivity index (χ3v) is 5.35. The Balaban J connectivity index is 1.46. The molecule has 0 fully saturated rings. The summed E-state index contributed by atoms with van der Waals surface area (Å²) in [5, 5.41) is 4.70. The Kier molecular flexibility index (Phi) is 6.08. The van der Waals surface area contributed by atoms with Crippen LogP contribution >= 0.6 is 0 Å². The number of amides is 2. The topological polar surface area (TPSA) is 89.3 Å². The van der Waals surface area contributed by atoms with E-state index < -0.39 is 11.9 Å². The summed E-state index contributed by atoms with van der Waals surface area (Å²) in [5.41, 5.74) is 7.95. The van der Waals surface area contributed by atoms with Gasteiger partial charge in [-0.2, -0.15) is 0 Å². The van der Waals surface area contributed by atoms with Crippen LogP contribution in [0.1, 0.15) is 31.8 Å². The number of fused-ring (bicyclic) bond motifs is 1. The van der Waals surface area contributed by atoms with Gasteiger partial charge in [0, 0.05) is 23.1 Å². The van der Waals surface area contributed by atoms with Crippen LogP contribution in [-0.2, 0) is 11.2 Å². The van der Waals surface area contributed by atoms with E-state index in [4.69, 9.17) is 5.73 Å². The maximum atomic E-state index is 12.7. The molecule has 4 aromatic rings. The van der Waals surface area contributed by atoms with Crippen molar-refractivity contribution in [3.8, 4) is 0 Å². The van der Waals surface area contributed by atoms with E-state index in [1.54, 1.807) is 48.5 Å². The first-order valence-electron chi connectivity index (χ1n) is 10.3. The average molecular weight is 422 g/mol. The number of rotatable bonds is 7. The molecule has 5 nitrogen and oxygen atoms in total. The van der Waals surface area contributed by atoms with Crippen LogP contribution in [0, 0.1) is 0 Å². The monoisotopic (exact) mass is 422 g/mol. The number of nitrogens with two attached hydrogens (primary N) is 1. The van der Waals surface area contributed by atoms with Crippen molar-refractivity contribution in [2.75, 3.05) is 0 Å². The number of ketones is 1. The van der Waals surface area contributed by atoms with Gasteiger partial charge in [-0.15, -0.1) is 0 Å². The normalized spacial score (nSPS) is 11.6. The van der Waals surface area contributed by atoms with Crippen LogP contribution < -0.4 is 11.1 Å². The number of benzene rings is 4. The average Bonchev–Trinajstić information content (AvgIpc) is 2.83. The van der Waals surface area contributed by atoms with Crippen molar-refractivity contribution in [2.24, 2.45) is 5.73 Å². The SMILES string of the molecule is NC(=O)[C@@H](Cc1ccc(C(=O)c2ccccc2)cc1)NC(=O)c1ccc2ccccc2c1. The van der Waals surface area contributed by atoms with E-state index in [9.17, 15) is 14.4 Å². The zero-order valence-electron chi connectivity index (χ0n) is 17.3. The van der Waals surface area contributed by atoms with Gasteiger partial charge in [0.05, 0.1) is 0 Å². The molecular formula is C27H22N2O3. The van der Waals surface area contributed by atoms with E-state index >= 15 is 0 Å². The van der Waals surface area contributed by atoms with E-state index in [2.05, 4.69) is 5.32 Å². The maximum absolute atomic E-state index is 12.7. The molecular weight excluding hydrogens is 400 g/mol. The molecule has 0 bridgehead atoms. The summed E-state index contributed by atoms with van der Waals surface area (Å²) in [6.07, 6.45) is 0.231. The van der Waals surface area contributed by atoms with Crippen LogP contribution in [0.15, 0.2) is 97.1 Å². The molecule has 0 spiro atoms. The van der Waals surface area contributed by atoms with Gasteiger partial charge in [0.15, 0.2) is 5.78 Å². The maximum Gasteiger partial charge on any atom is 0.251 e. The van der Waals surface area contributed by atoms with Crippen LogP contribution in [0.2, 0.25) is 0 Å². The minimum atomic E-state index is -0.871. The fraction of sp³-hybridized carbons (Fsp3) is 0.0741. The molecule has 2 amide bonds. The van der Waals surface area contributed by atoms with Gasteiger partial charge in [0.2, 0.25) is 5.91 Å². The van der Waals surface area contributed by atoms with Crippen molar-refractivity contribution in [3.05, 3.63) is 119 Å². The van der Waals surface area contributed by atoms with Gasteiger partial charge < -0.3 is 11.1 Å². The van der Waals surface area contributed by atoms with E-state index in [0.29, 0.717) is 16.7 Å². The van der Waals surface area contributed by atoms with Crippen molar-refractivity contribution in [1.29, 1.82) is 0 Å². The summed E-state index contributed by atoms with van der Waals surface area (Å²) in [7, 11) is 0. The highest BCUT2D eigenvalue weighted by Crippen LogP contribution is 2.16. The lowest BCUT2D eigenvalue weighted by atomic mass is 9.99. The molecule has 0 radical (unpaired) electrons. The first-order chi connectivity index (χ1) is 15.5. The Hall–Kier alpha value is -4.25. The zero-order valence-corrected chi connectivity index (χ0v) is 17.3. The van der Waals surface area contributed by atoms with Gasteiger partial charge in [-0.3, -0.25) is 14.4 Å². The van der Waals surface area contributed by atoms with E-state index in [0.717, 1.165) is 16.3 Å². The number of nitrogens with one attached hydrogen (secondary N) is 1. The first kappa shape index (κ1) is 21.0. The molecule has 0 aliphatic heterocycles. The Bertz CT molecular complexity index is 1280. The minimum Gasteiger partial charge on any atom is -0.368 e. The van der Waals surface area contributed by atoms with E-state index in [1.165, 1.54) is 0 Å². The second-order valence-corrected chi connectivity index (χ2v) is 7.59. The Morgan fingerprint density at radius 3 is 1.97 bits per heavy atom. The summed E-state index contributed by atoms with van der Waals surface area (Å²) in [5.74, 6) is -1.06. The van der Waals surface area contributed by atoms with Crippen LogP contribution in [-0.4, -0.2) is 23.6 Å². The summed E-state index contributed by atoms with van der Waals surface area (Å²) in [6, 6.07) is 28.2. The van der Waals surface area contributed by atoms with E-state index in [1.807, 2.05) is 48.5 Å². The molecule has 158 valence electrons. The third-order valence-electron chi connectivity index (χ3n) is 5.35. The number of hydrogen-bond donors (Lipinski definition) is 2. The van der Waals surface area contributed by atoms with E-state index in [-0.39, 0.29) is 18.1 Å². The van der Waals surface area contributed by atoms with Crippen molar-refractivity contribution < 1.29 is 14.4 Å². The Morgan fingerprint density at radius 2 is 1.28 bits per heavy atom. The van der Waals surface area contributed by atoms with Crippen LogP contribution in [0.4, 0.5) is 0 Å². The number of carbonyl (C=O) groups excluding carboxylic acids is 3. The molecule has 0 aromatic heterocycles. The highest BCUT2D eigenvalue weighted by molar-refractivity contribution is 6.09. The summed E-state index contributed by atoms with van der Waals surface area (Å²) in [6.45, 7) is 0. The molecule has 0 aliphatic rings. The van der Waals surface area contributed by atoms with Gasteiger partial charge in [-0.25, -0.2) is 0 Å². The van der Waals surface area contributed by atoms with Crippen molar-refractivity contribution >= 4 is 28.4 Å². The quantitative estimate of drug-likeness (QED) is 0.443. The fourth-order valence-corrected chi connectivity index (χ4v) is 3.58. The molecule has 0 unspecified atom stereocenters.